The SMILES string of the molecule is CCSC(=S)[S-].[Na+]. The van der Waals surface area contributed by atoms with E-state index in [9.17, 15) is 0 Å². The summed E-state index contributed by atoms with van der Waals surface area (Å²) in [5, 5.41) is 0. The standard InChI is InChI=1S/C3H6S3.Na/c1-2-6-3(4)5;/h2H2,1H3,(H,4,5);/q;+1/p-1. The molecule has 0 unspecified atom stereocenters. The van der Waals surface area contributed by atoms with Crippen LogP contribution in [0.2, 0.25) is 0 Å². The van der Waals surface area contributed by atoms with Crippen LogP contribution in [0, 0.1) is 0 Å². The second-order valence-electron chi connectivity index (χ2n) is 0.683. The van der Waals surface area contributed by atoms with Gasteiger partial charge in [0.2, 0.25) is 0 Å². The van der Waals surface area contributed by atoms with E-state index in [2.05, 4.69) is 24.8 Å². The smallest absolute Gasteiger partial charge is 0.422 e. The summed E-state index contributed by atoms with van der Waals surface area (Å²) in [6.45, 7) is 2.03. The minimum absolute atomic E-state index is 0. The van der Waals surface area contributed by atoms with Crippen LogP contribution in [0.4, 0.5) is 0 Å². The largest absolute Gasteiger partial charge is 1.00 e. The molecule has 0 radical (unpaired) electrons. The average molecular weight is 160 g/mol. The van der Waals surface area contributed by atoms with Gasteiger partial charge < -0.3 is 24.8 Å². The Bertz CT molecular complexity index is 54.1. The van der Waals surface area contributed by atoms with E-state index in [1.54, 1.807) is 0 Å². The van der Waals surface area contributed by atoms with Gasteiger partial charge in [0.25, 0.3) is 0 Å². The van der Waals surface area contributed by atoms with Crippen LogP contribution in [0.1, 0.15) is 6.92 Å². The fourth-order valence-electron chi connectivity index (χ4n) is 0.118. The third-order valence-electron chi connectivity index (χ3n) is 0.262. The molecule has 0 aliphatic rings. The van der Waals surface area contributed by atoms with Crippen molar-refractivity contribution in [3.05, 3.63) is 0 Å². The van der Waals surface area contributed by atoms with Crippen molar-refractivity contribution in [2.24, 2.45) is 0 Å². The molecule has 0 spiro atoms. The molecule has 0 saturated heterocycles. The molecular weight excluding hydrogens is 155 g/mol. The van der Waals surface area contributed by atoms with Gasteiger partial charge in [-0.05, 0) is 5.75 Å². The van der Waals surface area contributed by atoms with Crippen LogP contribution in [0.25, 0.3) is 0 Å². The van der Waals surface area contributed by atoms with Crippen LogP contribution in [0.15, 0.2) is 0 Å². The predicted octanol–water partition coefficient (Wildman–Crippen LogP) is -1.42. The molecule has 0 amide bonds. The van der Waals surface area contributed by atoms with Gasteiger partial charge >= 0.3 is 29.6 Å². The Hall–Kier alpha value is 1.66. The number of hydrogen-bond acceptors (Lipinski definition) is 3. The van der Waals surface area contributed by atoms with Gasteiger partial charge in [0.15, 0.2) is 0 Å². The summed E-state index contributed by atoms with van der Waals surface area (Å²) in [5.74, 6) is 1.00. The van der Waals surface area contributed by atoms with Gasteiger partial charge in [-0.25, -0.2) is 0 Å². The van der Waals surface area contributed by atoms with Gasteiger partial charge in [-0.15, -0.1) is 11.8 Å². The molecule has 0 heterocycles. The summed E-state index contributed by atoms with van der Waals surface area (Å²) < 4.78 is 0.623. The maximum absolute atomic E-state index is 4.57. The second kappa shape index (κ2) is 7.66. The minimum Gasteiger partial charge on any atom is -0.422 e. The fraction of sp³-hybridized carbons (Fsp3) is 0.667. The zero-order valence-corrected chi connectivity index (χ0v) is 8.88. The Kier molecular flexibility index (Phi) is 12.5. The molecule has 0 saturated carbocycles. The monoisotopic (exact) mass is 160 g/mol. The minimum atomic E-state index is 0. The number of thiocarbonyl (C=S) groups is 1. The van der Waals surface area contributed by atoms with Crippen LogP contribution < -0.4 is 29.6 Å². The van der Waals surface area contributed by atoms with Crippen molar-refractivity contribution in [3.8, 4) is 0 Å². The first-order valence-electron chi connectivity index (χ1n) is 1.61. The molecule has 0 fully saturated rings. The summed E-state index contributed by atoms with van der Waals surface area (Å²) in [5.41, 5.74) is 0. The van der Waals surface area contributed by atoms with Crippen molar-refractivity contribution < 1.29 is 29.6 Å². The summed E-state index contributed by atoms with van der Waals surface area (Å²) >= 11 is 10.7. The summed E-state index contributed by atoms with van der Waals surface area (Å²) in [4.78, 5) is 0. The summed E-state index contributed by atoms with van der Waals surface area (Å²) in [7, 11) is 0. The van der Waals surface area contributed by atoms with Gasteiger partial charge in [0.05, 0.1) is 0 Å². The second-order valence-corrected chi connectivity index (χ2v) is 3.55. The van der Waals surface area contributed by atoms with E-state index >= 15 is 0 Å². The van der Waals surface area contributed by atoms with E-state index in [0.717, 1.165) is 5.75 Å². The van der Waals surface area contributed by atoms with Gasteiger partial charge in [0, 0.05) is 0 Å². The van der Waals surface area contributed by atoms with Crippen molar-refractivity contribution in [3.63, 3.8) is 0 Å². The van der Waals surface area contributed by atoms with Crippen molar-refractivity contribution in [1.29, 1.82) is 0 Å². The maximum Gasteiger partial charge on any atom is 1.00 e. The average Bonchev–Trinajstić information content (AvgIpc) is 1.35. The molecule has 0 aliphatic carbocycles. The summed E-state index contributed by atoms with van der Waals surface area (Å²) in [6.07, 6.45) is 0. The van der Waals surface area contributed by atoms with Crippen LogP contribution in [-0.4, -0.2) is 9.28 Å². The molecule has 0 bridgehead atoms. The first kappa shape index (κ1) is 11.5. The molecule has 4 heteroatoms. The predicted molar refractivity (Wildman–Crippen MR) is 38.1 cm³/mol. The normalized spacial score (nSPS) is 7.00. The third kappa shape index (κ3) is 11.3. The third-order valence-corrected chi connectivity index (χ3v) is 1.49. The zero-order valence-electron chi connectivity index (χ0n) is 4.43. The number of hydrogen-bond donors (Lipinski definition) is 0. The molecule has 0 nitrogen and oxygen atoms in total. The van der Waals surface area contributed by atoms with Crippen LogP contribution >= 0.6 is 24.0 Å². The Morgan fingerprint density at radius 2 is 2.29 bits per heavy atom. The van der Waals surface area contributed by atoms with Crippen LogP contribution in [-0.2, 0) is 12.6 Å². The van der Waals surface area contributed by atoms with E-state index in [-0.39, 0.29) is 29.6 Å². The van der Waals surface area contributed by atoms with Gasteiger partial charge in [-0.2, -0.15) is 0 Å². The van der Waals surface area contributed by atoms with E-state index in [1.165, 1.54) is 11.8 Å². The van der Waals surface area contributed by atoms with Crippen molar-refractivity contribution >= 4 is 40.1 Å². The molecule has 0 aromatic rings. The van der Waals surface area contributed by atoms with Crippen molar-refractivity contribution in [2.45, 2.75) is 6.92 Å². The summed E-state index contributed by atoms with van der Waals surface area (Å²) in [6, 6.07) is 0. The molecule has 0 aromatic heterocycles. The molecule has 0 N–H and O–H groups in total. The Morgan fingerprint density at radius 3 is 2.29 bits per heavy atom. The van der Waals surface area contributed by atoms with Crippen LogP contribution in [0.5, 0.6) is 0 Å². The molecular formula is C3H5NaS3. The molecule has 7 heavy (non-hydrogen) atoms. The first-order valence-corrected chi connectivity index (χ1v) is 3.41. The molecule has 36 valence electrons. The van der Waals surface area contributed by atoms with E-state index < -0.39 is 0 Å². The Labute approximate surface area is 81.5 Å². The maximum atomic E-state index is 4.57. The molecule has 0 rings (SSSR count). The zero-order chi connectivity index (χ0) is 4.99. The topological polar surface area (TPSA) is 0 Å². The van der Waals surface area contributed by atoms with Gasteiger partial charge in [-0.1, -0.05) is 10.5 Å². The van der Waals surface area contributed by atoms with Crippen molar-refractivity contribution in [1.82, 2.24) is 0 Å². The van der Waals surface area contributed by atoms with Gasteiger partial charge in [-0.3, -0.25) is 0 Å². The quantitative estimate of drug-likeness (QED) is 0.262. The Balaban J connectivity index is 0. The van der Waals surface area contributed by atoms with E-state index in [0.29, 0.717) is 3.53 Å². The van der Waals surface area contributed by atoms with Crippen LogP contribution in [0.3, 0.4) is 0 Å². The fourth-order valence-corrected chi connectivity index (χ4v) is 1.06. The molecule has 0 aromatic carbocycles. The number of thioether (sulfide) groups is 1. The molecule has 0 aliphatic heterocycles. The number of rotatable bonds is 1. The molecule has 0 atom stereocenters. The van der Waals surface area contributed by atoms with Gasteiger partial charge in [0.1, 0.15) is 0 Å². The van der Waals surface area contributed by atoms with E-state index in [4.69, 9.17) is 0 Å². The first-order chi connectivity index (χ1) is 2.77. The Morgan fingerprint density at radius 1 is 1.86 bits per heavy atom. The van der Waals surface area contributed by atoms with Crippen molar-refractivity contribution in [2.75, 3.05) is 5.75 Å². The van der Waals surface area contributed by atoms with E-state index in [1.807, 2.05) is 6.92 Å².